The van der Waals surface area contributed by atoms with E-state index in [1.165, 1.54) is 38.5 Å². The molecule has 2 saturated carbocycles. The normalized spacial score (nSPS) is 21.0. The molecule has 2 aliphatic carbocycles. The second kappa shape index (κ2) is 4.36. The summed E-state index contributed by atoms with van der Waals surface area (Å²) in [6.45, 7) is 0. The van der Waals surface area contributed by atoms with Gasteiger partial charge >= 0.3 is 0 Å². The van der Waals surface area contributed by atoms with E-state index in [1.807, 2.05) is 18.2 Å². The zero-order valence-corrected chi connectivity index (χ0v) is 9.45. The molecule has 0 aliphatic heterocycles. The van der Waals surface area contributed by atoms with Crippen LogP contribution >= 0.6 is 0 Å². The van der Waals surface area contributed by atoms with E-state index in [9.17, 15) is 0 Å². The largest absolute Gasteiger partial charge is 0.487 e. The lowest BCUT2D eigenvalue weighted by Crippen LogP contribution is -2.27. The zero-order chi connectivity index (χ0) is 10.8. The van der Waals surface area contributed by atoms with Crippen LogP contribution < -0.4 is 9.47 Å². The average molecular weight is 217 g/mol. The van der Waals surface area contributed by atoms with Crippen molar-refractivity contribution in [3.8, 4) is 11.5 Å². The highest BCUT2D eigenvalue weighted by Crippen LogP contribution is 2.34. The Morgan fingerprint density at radius 3 is 2.12 bits per heavy atom. The SMILES string of the molecule is [c]1ccc(OC2CCC2)c(OC2CCC2)c1. The fourth-order valence-electron chi connectivity index (χ4n) is 1.93. The predicted octanol–water partition coefficient (Wildman–Crippen LogP) is 3.35. The van der Waals surface area contributed by atoms with E-state index in [0.29, 0.717) is 12.2 Å². The highest BCUT2D eigenvalue weighted by molar-refractivity contribution is 5.39. The Kier molecular flexibility index (Phi) is 2.73. The maximum absolute atomic E-state index is 5.91. The van der Waals surface area contributed by atoms with Gasteiger partial charge in [0.25, 0.3) is 0 Å². The van der Waals surface area contributed by atoms with E-state index in [-0.39, 0.29) is 0 Å². The molecule has 0 amide bonds. The van der Waals surface area contributed by atoms with Crippen molar-refractivity contribution in [1.29, 1.82) is 0 Å². The third-order valence-corrected chi connectivity index (χ3v) is 3.48. The van der Waals surface area contributed by atoms with Crippen LogP contribution in [0.15, 0.2) is 18.2 Å². The fourth-order valence-corrected chi connectivity index (χ4v) is 1.93. The predicted molar refractivity (Wildman–Crippen MR) is 61.8 cm³/mol. The van der Waals surface area contributed by atoms with Crippen molar-refractivity contribution in [2.45, 2.75) is 50.7 Å². The molecule has 85 valence electrons. The van der Waals surface area contributed by atoms with Crippen molar-refractivity contribution < 1.29 is 9.47 Å². The average Bonchev–Trinajstić information content (AvgIpc) is 2.19. The minimum atomic E-state index is 0.402. The third-order valence-electron chi connectivity index (χ3n) is 3.48. The van der Waals surface area contributed by atoms with Gasteiger partial charge in [0.05, 0.1) is 12.2 Å². The smallest absolute Gasteiger partial charge is 0.162 e. The molecule has 0 aromatic heterocycles. The van der Waals surface area contributed by atoms with E-state index in [4.69, 9.17) is 9.47 Å². The summed E-state index contributed by atoms with van der Waals surface area (Å²) in [4.78, 5) is 0. The molecule has 0 atom stereocenters. The van der Waals surface area contributed by atoms with Gasteiger partial charge in [-0.3, -0.25) is 0 Å². The molecule has 1 aromatic rings. The van der Waals surface area contributed by atoms with Crippen LogP contribution in [-0.2, 0) is 0 Å². The van der Waals surface area contributed by atoms with E-state index < -0.39 is 0 Å². The molecular weight excluding hydrogens is 200 g/mol. The maximum Gasteiger partial charge on any atom is 0.162 e. The molecule has 2 heteroatoms. The van der Waals surface area contributed by atoms with E-state index >= 15 is 0 Å². The number of rotatable bonds is 4. The molecule has 1 aromatic carbocycles. The van der Waals surface area contributed by atoms with Gasteiger partial charge < -0.3 is 9.47 Å². The molecule has 2 fully saturated rings. The zero-order valence-electron chi connectivity index (χ0n) is 9.45. The van der Waals surface area contributed by atoms with Crippen LogP contribution in [-0.4, -0.2) is 12.2 Å². The van der Waals surface area contributed by atoms with E-state index in [2.05, 4.69) is 6.07 Å². The van der Waals surface area contributed by atoms with Gasteiger partial charge in [0.2, 0.25) is 0 Å². The van der Waals surface area contributed by atoms with Crippen LogP contribution in [0.4, 0.5) is 0 Å². The first-order chi connectivity index (χ1) is 7.92. The quantitative estimate of drug-likeness (QED) is 0.770. The Hall–Kier alpha value is -1.18. The monoisotopic (exact) mass is 217 g/mol. The summed E-state index contributed by atoms with van der Waals surface area (Å²) < 4.78 is 11.8. The highest BCUT2D eigenvalue weighted by Gasteiger charge is 2.23. The van der Waals surface area contributed by atoms with Crippen molar-refractivity contribution >= 4 is 0 Å². The van der Waals surface area contributed by atoms with Crippen molar-refractivity contribution in [3.63, 3.8) is 0 Å². The summed E-state index contributed by atoms with van der Waals surface area (Å²) in [5.74, 6) is 1.77. The lowest BCUT2D eigenvalue weighted by Gasteiger charge is -2.30. The summed E-state index contributed by atoms with van der Waals surface area (Å²) in [6.07, 6.45) is 8.12. The Morgan fingerprint density at radius 2 is 1.56 bits per heavy atom. The van der Waals surface area contributed by atoms with Crippen LogP contribution in [0.3, 0.4) is 0 Å². The Bertz CT molecular complexity index is 319. The van der Waals surface area contributed by atoms with Crippen molar-refractivity contribution in [2.24, 2.45) is 0 Å². The molecular formula is C14H17O2. The number of ether oxygens (including phenoxy) is 2. The second-order valence-corrected chi connectivity index (χ2v) is 4.71. The van der Waals surface area contributed by atoms with E-state index in [1.54, 1.807) is 0 Å². The topological polar surface area (TPSA) is 18.5 Å². The molecule has 3 rings (SSSR count). The Morgan fingerprint density at radius 1 is 0.938 bits per heavy atom. The van der Waals surface area contributed by atoms with Gasteiger partial charge in [0.15, 0.2) is 11.5 Å². The molecule has 0 unspecified atom stereocenters. The van der Waals surface area contributed by atoms with Crippen molar-refractivity contribution in [1.82, 2.24) is 0 Å². The first-order valence-electron chi connectivity index (χ1n) is 6.25. The summed E-state index contributed by atoms with van der Waals surface area (Å²) in [7, 11) is 0. The van der Waals surface area contributed by atoms with Gasteiger partial charge in [-0.25, -0.2) is 0 Å². The number of hydrogen-bond acceptors (Lipinski definition) is 2. The third kappa shape index (κ3) is 2.01. The molecule has 0 heterocycles. The van der Waals surface area contributed by atoms with E-state index in [0.717, 1.165) is 11.5 Å². The number of benzene rings is 1. The fraction of sp³-hybridized carbons (Fsp3) is 0.571. The van der Waals surface area contributed by atoms with Crippen LogP contribution in [0.25, 0.3) is 0 Å². The first-order valence-corrected chi connectivity index (χ1v) is 6.25. The van der Waals surface area contributed by atoms with Crippen molar-refractivity contribution in [2.75, 3.05) is 0 Å². The molecule has 0 N–H and O–H groups in total. The highest BCUT2D eigenvalue weighted by atomic mass is 16.5. The van der Waals surface area contributed by atoms with Gasteiger partial charge in [-0.05, 0) is 56.7 Å². The van der Waals surface area contributed by atoms with Crippen LogP contribution in [0, 0.1) is 6.07 Å². The molecule has 2 nitrogen and oxygen atoms in total. The van der Waals surface area contributed by atoms with Gasteiger partial charge in [-0.15, -0.1) is 0 Å². The maximum atomic E-state index is 5.91. The number of hydrogen-bond donors (Lipinski definition) is 0. The second-order valence-electron chi connectivity index (χ2n) is 4.71. The standard InChI is InChI=1S/C14H17O2/c1-2-10-14(16-12-7-4-8-12)13(9-1)15-11-5-3-6-11/h1,9-12H,3-8H2. The summed E-state index contributed by atoms with van der Waals surface area (Å²) in [6, 6.07) is 8.81. The molecule has 0 saturated heterocycles. The van der Waals surface area contributed by atoms with Gasteiger partial charge in [-0.1, -0.05) is 6.07 Å². The first kappa shape index (κ1) is 10.0. The Balaban J connectivity index is 1.68. The summed E-state index contributed by atoms with van der Waals surface area (Å²) >= 11 is 0. The molecule has 0 bridgehead atoms. The molecule has 0 spiro atoms. The Labute approximate surface area is 96.6 Å². The van der Waals surface area contributed by atoms with Crippen molar-refractivity contribution in [3.05, 3.63) is 24.3 Å². The van der Waals surface area contributed by atoms with Crippen LogP contribution in [0.1, 0.15) is 38.5 Å². The van der Waals surface area contributed by atoms with Gasteiger partial charge in [0.1, 0.15) is 0 Å². The minimum absolute atomic E-state index is 0.402. The van der Waals surface area contributed by atoms with Crippen LogP contribution in [0.2, 0.25) is 0 Å². The molecule has 1 radical (unpaired) electrons. The summed E-state index contributed by atoms with van der Waals surface area (Å²) in [5, 5.41) is 0. The lowest BCUT2D eigenvalue weighted by molar-refractivity contribution is 0.0907. The van der Waals surface area contributed by atoms with Gasteiger partial charge in [-0.2, -0.15) is 0 Å². The summed E-state index contributed by atoms with van der Waals surface area (Å²) in [5.41, 5.74) is 0. The molecule has 16 heavy (non-hydrogen) atoms. The lowest BCUT2D eigenvalue weighted by atomic mass is 9.96. The minimum Gasteiger partial charge on any atom is -0.487 e. The molecule has 2 aliphatic rings. The van der Waals surface area contributed by atoms with Crippen LogP contribution in [0.5, 0.6) is 11.5 Å². The van der Waals surface area contributed by atoms with Gasteiger partial charge in [0, 0.05) is 0 Å².